The predicted octanol–water partition coefficient (Wildman–Crippen LogP) is 1.71. The Morgan fingerprint density at radius 1 is 1.46 bits per heavy atom. The van der Waals surface area contributed by atoms with Gasteiger partial charge in [0.2, 0.25) is 0 Å². The smallest absolute Gasteiger partial charge is 0.255 e. The Kier molecular flexibility index (Phi) is 4.17. The van der Waals surface area contributed by atoms with Crippen LogP contribution in [0.4, 0.5) is 5.69 Å². The van der Waals surface area contributed by atoms with Gasteiger partial charge in [-0.25, -0.2) is 0 Å². The molecular weight excluding hydrogens is 354 g/mol. The van der Waals surface area contributed by atoms with Crippen molar-refractivity contribution in [3.63, 3.8) is 0 Å². The van der Waals surface area contributed by atoms with Gasteiger partial charge in [-0.05, 0) is 36.4 Å². The summed E-state index contributed by atoms with van der Waals surface area (Å²) in [6, 6.07) is 3.27. The average molecular weight is 377 g/mol. The first kappa shape index (κ1) is 17.6. The molecule has 2 heterocycles. The number of anilines is 1. The summed E-state index contributed by atoms with van der Waals surface area (Å²) in [5, 5.41) is 15.9. The summed E-state index contributed by atoms with van der Waals surface area (Å²) in [5.74, 6) is 1.45. The Bertz CT molecular complexity index is 846. The second-order valence-corrected chi connectivity index (χ2v) is 8.55. The Hall–Kier alpha value is -1.76. The second kappa shape index (κ2) is 6.15. The van der Waals surface area contributed by atoms with Gasteiger partial charge in [-0.3, -0.25) is 4.79 Å². The number of amides is 1. The number of nitrogens with zero attached hydrogens (tertiary/aromatic N) is 1. The van der Waals surface area contributed by atoms with Crippen molar-refractivity contribution in [2.75, 3.05) is 31.9 Å². The molecule has 0 spiro atoms. The zero-order chi connectivity index (χ0) is 18.6. The molecule has 2 atom stereocenters. The van der Waals surface area contributed by atoms with E-state index in [2.05, 4.69) is 10.2 Å². The molecule has 0 radical (unpaired) electrons. The van der Waals surface area contributed by atoms with Crippen LogP contribution in [0.25, 0.3) is 11.0 Å². The fraction of sp³-hybridized carbons (Fsp3) is 0.526. The molecule has 7 heteroatoms. The summed E-state index contributed by atoms with van der Waals surface area (Å²) in [6.45, 7) is 6.57. The Morgan fingerprint density at radius 3 is 2.81 bits per heavy atom. The van der Waals surface area contributed by atoms with Crippen LogP contribution in [0.15, 0.2) is 22.8 Å². The lowest BCUT2D eigenvalue weighted by Gasteiger charge is -2.36. The zero-order valence-electron chi connectivity index (χ0n) is 14.9. The van der Waals surface area contributed by atoms with Gasteiger partial charge < -0.3 is 25.5 Å². The Labute approximate surface area is 157 Å². The Balaban J connectivity index is 1.36. The summed E-state index contributed by atoms with van der Waals surface area (Å²) < 4.78 is 5.43. The normalized spacial score (nSPS) is 25.5. The van der Waals surface area contributed by atoms with E-state index in [1.165, 1.54) is 6.26 Å². The number of piperidine rings is 1. The number of rotatable bonds is 5. The summed E-state index contributed by atoms with van der Waals surface area (Å²) in [6.07, 6.45) is 1.51. The lowest BCUT2D eigenvalue weighted by atomic mass is 10.1. The largest absolute Gasteiger partial charge is 0.849 e. The fourth-order valence-electron chi connectivity index (χ4n) is 4.31. The van der Waals surface area contributed by atoms with Gasteiger partial charge in [-0.15, -0.1) is 5.60 Å². The highest BCUT2D eigenvalue weighted by Crippen LogP contribution is 2.51. The van der Waals surface area contributed by atoms with Gasteiger partial charge in [0.15, 0.2) is 0 Å². The molecule has 0 bridgehead atoms. The van der Waals surface area contributed by atoms with Crippen molar-refractivity contribution in [3.05, 3.63) is 29.0 Å². The topological polar surface area (TPSA) is 94.6 Å². The van der Waals surface area contributed by atoms with Crippen molar-refractivity contribution in [1.82, 2.24) is 10.2 Å². The molecule has 2 aromatic rings. The van der Waals surface area contributed by atoms with E-state index in [1.54, 1.807) is 26.0 Å². The molecule has 1 amide bonds. The van der Waals surface area contributed by atoms with Gasteiger partial charge in [-0.2, -0.15) is 0 Å². The number of carbonyl (C=O) groups is 1. The first-order valence-corrected chi connectivity index (χ1v) is 9.28. The van der Waals surface area contributed by atoms with E-state index >= 15 is 0 Å². The number of halogens is 1. The molecule has 1 aliphatic carbocycles. The van der Waals surface area contributed by atoms with Crippen LogP contribution in [0.1, 0.15) is 24.2 Å². The first-order valence-electron chi connectivity index (χ1n) is 8.91. The van der Waals surface area contributed by atoms with E-state index in [4.69, 9.17) is 21.8 Å². The van der Waals surface area contributed by atoms with Gasteiger partial charge in [0.05, 0.1) is 22.5 Å². The molecule has 6 nitrogen and oxygen atoms in total. The number of nitrogens with two attached hydrogens (primary N) is 1. The number of likely N-dealkylation sites (tertiary alicyclic amines) is 1. The molecule has 2 unspecified atom stereocenters. The highest BCUT2D eigenvalue weighted by Gasteiger charge is 2.55. The number of benzene rings is 1. The molecule has 1 aromatic heterocycles. The summed E-state index contributed by atoms with van der Waals surface area (Å²) >= 11 is 6.14. The lowest BCUT2D eigenvalue weighted by Crippen LogP contribution is -2.48. The summed E-state index contributed by atoms with van der Waals surface area (Å²) in [4.78, 5) is 14.8. The monoisotopic (exact) mass is 376 g/mol. The third-order valence-electron chi connectivity index (χ3n) is 5.52. The molecule has 26 heavy (non-hydrogen) atoms. The molecule has 2 aliphatic rings. The van der Waals surface area contributed by atoms with Crippen LogP contribution >= 0.6 is 11.6 Å². The average Bonchev–Trinajstić information content (AvgIpc) is 2.95. The van der Waals surface area contributed by atoms with Gasteiger partial charge in [0.25, 0.3) is 5.91 Å². The molecule has 3 N–H and O–H groups in total. The van der Waals surface area contributed by atoms with Crippen LogP contribution in [0.5, 0.6) is 0 Å². The van der Waals surface area contributed by atoms with E-state index in [-0.39, 0.29) is 5.91 Å². The van der Waals surface area contributed by atoms with Crippen molar-refractivity contribution in [2.45, 2.75) is 19.4 Å². The van der Waals surface area contributed by atoms with Crippen molar-refractivity contribution < 1.29 is 14.3 Å². The van der Waals surface area contributed by atoms with E-state index in [0.717, 1.165) is 13.1 Å². The maximum Gasteiger partial charge on any atom is 0.255 e. The van der Waals surface area contributed by atoms with Crippen molar-refractivity contribution >= 4 is 34.2 Å². The van der Waals surface area contributed by atoms with Gasteiger partial charge >= 0.3 is 0 Å². The third kappa shape index (κ3) is 3.17. The summed E-state index contributed by atoms with van der Waals surface area (Å²) in [5.41, 5.74) is 6.31. The predicted molar refractivity (Wildman–Crippen MR) is 99.0 cm³/mol. The minimum absolute atomic E-state index is 0.200. The highest BCUT2D eigenvalue weighted by atomic mass is 35.5. The molecule has 4 rings (SSSR count). The van der Waals surface area contributed by atoms with Crippen molar-refractivity contribution in [1.29, 1.82) is 0 Å². The summed E-state index contributed by atoms with van der Waals surface area (Å²) in [7, 11) is 0. The zero-order valence-corrected chi connectivity index (χ0v) is 15.7. The van der Waals surface area contributed by atoms with Crippen LogP contribution in [0.3, 0.4) is 0 Å². The van der Waals surface area contributed by atoms with Crippen LogP contribution < -0.4 is 16.2 Å². The minimum Gasteiger partial charge on any atom is -0.849 e. The lowest BCUT2D eigenvalue weighted by molar-refractivity contribution is -0.466. The van der Waals surface area contributed by atoms with Gasteiger partial charge in [0.1, 0.15) is 5.58 Å². The van der Waals surface area contributed by atoms with Crippen molar-refractivity contribution in [3.8, 4) is 0 Å². The SMILES string of the molecule is CC(C)([O-])CN1CC2C(CNC(=O)c3cc(Cl)c(N)c4ccoc34)C2C1. The number of hydrogen-bond donors (Lipinski definition) is 2. The van der Waals surface area contributed by atoms with E-state index in [9.17, 15) is 9.90 Å². The maximum atomic E-state index is 12.6. The van der Waals surface area contributed by atoms with E-state index < -0.39 is 5.60 Å². The molecule has 1 saturated heterocycles. The fourth-order valence-corrected chi connectivity index (χ4v) is 4.52. The highest BCUT2D eigenvalue weighted by molar-refractivity contribution is 6.35. The second-order valence-electron chi connectivity index (χ2n) is 8.14. The number of hydrogen-bond acceptors (Lipinski definition) is 5. The third-order valence-corrected chi connectivity index (χ3v) is 5.84. The quantitative estimate of drug-likeness (QED) is 0.775. The molecule has 2 fully saturated rings. The number of furan rings is 1. The van der Waals surface area contributed by atoms with Crippen molar-refractivity contribution in [2.24, 2.45) is 17.8 Å². The van der Waals surface area contributed by atoms with Gasteiger partial charge in [-0.1, -0.05) is 25.4 Å². The standard InChI is InChI=1S/C19H23ClN3O3/c1-19(2,25)9-23-7-13-12(14(13)8-23)6-22-18(24)11-5-15(20)16(21)10-3-4-26-17(10)11/h3-5,12-14H,6-9,21H2,1-2H3,(H,22,24)/q-1. The van der Waals surface area contributed by atoms with Crippen LogP contribution in [0, 0.1) is 17.8 Å². The number of carbonyl (C=O) groups excluding carboxylic acids is 1. The van der Waals surface area contributed by atoms with Crippen LogP contribution in [-0.4, -0.2) is 42.6 Å². The van der Waals surface area contributed by atoms with E-state index in [1.807, 2.05) is 0 Å². The number of fused-ring (bicyclic) bond motifs is 2. The molecule has 140 valence electrons. The molecule has 1 aromatic carbocycles. The number of nitrogens with one attached hydrogen (secondary N) is 1. The number of nitrogen functional groups attached to an aromatic ring is 1. The molecule has 1 aliphatic heterocycles. The molecular formula is C19H23ClN3O3-. The first-order chi connectivity index (χ1) is 12.2. The van der Waals surface area contributed by atoms with E-state index in [0.29, 0.717) is 58.1 Å². The van der Waals surface area contributed by atoms with Gasteiger partial charge in [0, 0.05) is 25.0 Å². The Morgan fingerprint density at radius 2 is 2.15 bits per heavy atom. The minimum atomic E-state index is -0.913. The van der Waals surface area contributed by atoms with Crippen LogP contribution in [0.2, 0.25) is 5.02 Å². The molecule has 1 saturated carbocycles. The maximum absolute atomic E-state index is 12.6. The van der Waals surface area contributed by atoms with Crippen LogP contribution in [-0.2, 0) is 0 Å².